The van der Waals surface area contributed by atoms with E-state index in [2.05, 4.69) is 35.2 Å². The van der Waals surface area contributed by atoms with Gasteiger partial charge in [0.15, 0.2) is 10.8 Å². The van der Waals surface area contributed by atoms with Gasteiger partial charge in [-0.1, -0.05) is 29.4 Å². The van der Waals surface area contributed by atoms with Crippen molar-refractivity contribution in [3.63, 3.8) is 0 Å². The van der Waals surface area contributed by atoms with Gasteiger partial charge in [0.25, 0.3) is 0 Å². The van der Waals surface area contributed by atoms with Crippen LogP contribution in [0.2, 0.25) is 0 Å². The zero-order chi connectivity index (χ0) is 24.6. The van der Waals surface area contributed by atoms with Crippen molar-refractivity contribution >= 4 is 33.5 Å². The lowest BCUT2D eigenvalue weighted by molar-refractivity contribution is 0.0992. The van der Waals surface area contributed by atoms with Crippen LogP contribution >= 0.6 is 0 Å². The van der Waals surface area contributed by atoms with Gasteiger partial charge in [-0.15, -0.1) is 0 Å². The van der Waals surface area contributed by atoms with E-state index in [1.165, 1.54) is 0 Å². The minimum atomic E-state index is -0.472. The van der Waals surface area contributed by atoms with E-state index in [0.717, 1.165) is 50.1 Å². The number of H-pyrrole nitrogens is 2. The molecule has 1 amide bonds. The van der Waals surface area contributed by atoms with Gasteiger partial charge < -0.3 is 14.5 Å². The second-order valence-corrected chi connectivity index (χ2v) is 8.44. The van der Waals surface area contributed by atoms with Crippen molar-refractivity contribution in [2.75, 3.05) is 0 Å². The number of hydrogen-bond donors (Lipinski definition) is 2. The van der Waals surface area contributed by atoms with E-state index in [1.807, 2.05) is 74.6 Å². The summed E-state index contributed by atoms with van der Waals surface area (Å²) in [6.45, 7) is 3.82. The summed E-state index contributed by atoms with van der Waals surface area (Å²) < 4.78 is 5.30. The molecule has 6 rings (SSSR count). The number of rotatable bonds is 4. The molecule has 0 atom stereocenters. The fourth-order valence-corrected chi connectivity index (χ4v) is 4.24. The number of aromatic amines is 2. The average Bonchev–Trinajstić information content (AvgIpc) is 3.61. The Hall–Kier alpha value is -5.14. The Labute approximate surface area is 204 Å². The first-order chi connectivity index (χ1) is 17.5. The number of amides is 1. The average molecular weight is 475 g/mol. The highest BCUT2D eigenvalue weighted by Gasteiger charge is 2.14. The highest BCUT2D eigenvalue weighted by atomic mass is 16.5. The monoisotopic (exact) mass is 474 g/mol. The number of carbonyl (C=O) groups is 1. The number of nitrogens with zero attached hydrogens (tertiary/aromatic N) is 5. The first kappa shape index (κ1) is 21.4. The molecule has 0 bridgehead atoms. The zero-order valence-corrected chi connectivity index (χ0v) is 19.5. The summed E-state index contributed by atoms with van der Waals surface area (Å²) in [7, 11) is 0. The van der Waals surface area contributed by atoms with Crippen molar-refractivity contribution in [3.05, 3.63) is 89.9 Å². The van der Waals surface area contributed by atoms with Crippen molar-refractivity contribution in [1.29, 1.82) is 0 Å². The Morgan fingerprint density at radius 2 is 1.78 bits per heavy atom. The minimum absolute atomic E-state index is 0.411. The number of aryl methyl sites for hydroxylation is 2. The van der Waals surface area contributed by atoms with Gasteiger partial charge in [0.1, 0.15) is 11.6 Å². The molecule has 0 aliphatic carbocycles. The Morgan fingerprint density at radius 1 is 0.944 bits per heavy atom. The largest absolute Gasteiger partial charge is 0.361 e. The number of nitrogens with one attached hydrogen (secondary N) is 2. The van der Waals surface area contributed by atoms with E-state index in [4.69, 9.17) is 4.52 Å². The first-order valence-corrected chi connectivity index (χ1v) is 11.3. The number of aromatic nitrogens is 4. The van der Waals surface area contributed by atoms with Gasteiger partial charge in [0.05, 0.1) is 16.7 Å². The molecule has 2 N–H and O–H groups in total. The molecule has 6 aromatic rings. The van der Waals surface area contributed by atoms with Gasteiger partial charge in [-0.3, -0.25) is 4.79 Å². The molecular weight excluding hydrogens is 454 g/mol. The number of imidazole rings is 1. The summed E-state index contributed by atoms with van der Waals surface area (Å²) in [6.07, 6.45) is 1.85. The fourth-order valence-electron chi connectivity index (χ4n) is 4.24. The van der Waals surface area contributed by atoms with Gasteiger partial charge in [0.2, 0.25) is 10.0 Å². The highest BCUT2D eigenvalue weighted by molar-refractivity contribution is 5.95. The van der Waals surface area contributed by atoms with Gasteiger partial charge in [-0.2, -0.15) is 0 Å². The maximum atomic E-state index is 12.4. The molecule has 0 saturated heterocycles. The summed E-state index contributed by atoms with van der Waals surface area (Å²) in [6, 6.07) is 20.6. The van der Waals surface area contributed by atoms with Crippen LogP contribution in [0.5, 0.6) is 0 Å². The van der Waals surface area contributed by atoms with Gasteiger partial charge >= 0.3 is 5.91 Å². The molecular formula is C27H20N7O2+. The molecule has 0 aliphatic rings. The third-order valence-corrected chi connectivity index (χ3v) is 6.04. The van der Waals surface area contributed by atoms with Crippen molar-refractivity contribution in [1.82, 2.24) is 25.0 Å². The molecule has 36 heavy (non-hydrogen) atoms. The molecule has 3 aromatic heterocycles. The van der Waals surface area contributed by atoms with Crippen LogP contribution in [0.25, 0.3) is 44.5 Å². The SMILES string of the molecule is Cc1noc(C)c1-c1ccc2nc(-c3ccc(C(=O)N=[N+]=Nc4ccc5cc[nH]c5c4)cc3)[nH]c2c1. The Morgan fingerprint density at radius 3 is 2.58 bits per heavy atom. The van der Waals surface area contributed by atoms with Crippen LogP contribution in [0.3, 0.4) is 0 Å². The second-order valence-electron chi connectivity index (χ2n) is 8.44. The number of benzene rings is 3. The minimum Gasteiger partial charge on any atom is -0.361 e. The van der Waals surface area contributed by atoms with Crippen LogP contribution in [0.4, 0.5) is 5.69 Å². The maximum Gasteiger partial charge on any atom is 0.360 e. The number of hydrogen-bond acceptors (Lipinski definition) is 5. The summed E-state index contributed by atoms with van der Waals surface area (Å²) in [5.74, 6) is 1.01. The van der Waals surface area contributed by atoms with E-state index in [0.29, 0.717) is 17.1 Å². The van der Waals surface area contributed by atoms with Crippen molar-refractivity contribution in [2.45, 2.75) is 13.8 Å². The first-order valence-electron chi connectivity index (χ1n) is 11.3. The van der Waals surface area contributed by atoms with E-state index < -0.39 is 5.91 Å². The number of fused-ring (bicyclic) bond motifs is 2. The molecule has 3 heterocycles. The summed E-state index contributed by atoms with van der Waals surface area (Å²) in [5.41, 5.74) is 7.40. The van der Waals surface area contributed by atoms with Crippen LogP contribution in [0.1, 0.15) is 21.8 Å². The molecule has 0 radical (unpaired) electrons. The van der Waals surface area contributed by atoms with E-state index >= 15 is 0 Å². The third-order valence-electron chi connectivity index (χ3n) is 6.04. The summed E-state index contributed by atoms with van der Waals surface area (Å²) in [4.78, 5) is 27.3. The highest BCUT2D eigenvalue weighted by Crippen LogP contribution is 2.30. The van der Waals surface area contributed by atoms with Gasteiger partial charge in [0, 0.05) is 28.4 Å². The topological polar surface area (TPSA) is 126 Å². The number of carbonyl (C=O) groups excluding carboxylic acids is 1. The van der Waals surface area contributed by atoms with Crippen LogP contribution in [-0.2, 0) is 0 Å². The van der Waals surface area contributed by atoms with Crippen LogP contribution in [-0.4, -0.2) is 26.0 Å². The maximum absolute atomic E-state index is 12.4. The molecule has 174 valence electrons. The quantitative estimate of drug-likeness (QED) is 0.225. The molecule has 0 aliphatic heterocycles. The lowest BCUT2D eigenvalue weighted by Gasteiger charge is -1.99. The standard InChI is InChI=1S/C27H19N7O2/c1-15-25(16(2)36-33-15)20-8-10-22-24(13-20)30-26(29-22)18-3-5-19(6-4-18)27(35)32-34-31-21-9-7-17-11-12-28-23(17)14-21/h3-14H,1-2H3,(H,29,30,35)/p+1. The predicted octanol–water partition coefficient (Wildman–Crippen LogP) is 6.43. The van der Waals surface area contributed by atoms with Crippen molar-refractivity contribution in [2.24, 2.45) is 10.2 Å². The lowest BCUT2D eigenvalue weighted by Crippen LogP contribution is -1.94. The Balaban J connectivity index is 1.22. The smallest absolute Gasteiger partial charge is 0.360 e. The predicted molar refractivity (Wildman–Crippen MR) is 136 cm³/mol. The van der Waals surface area contributed by atoms with Crippen LogP contribution in [0.15, 0.2) is 87.7 Å². The third kappa shape index (κ3) is 3.89. The van der Waals surface area contributed by atoms with Gasteiger partial charge in [-0.25, -0.2) is 4.98 Å². The van der Waals surface area contributed by atoms with E-state index in [9.17, 15) is 4.79 Å². The molecule has 9 heteroatoms. The van der Waals surface area contributed by atoms with Crippen molar-refractivity contribution < 1.29 is 9.32 Å². The molecule has 0 unspecified atom stereocenters. The molecule has 0 saturated carbocycles. The van der Waals surface area contributed by atoms with E-state index in [-0.39, 0.29) is 0 Å². The van der Waals surface area contributed by atoms with E-state index in [1.54, 1.807) is 12.1 Å². The van der Waals surface area contributed by atoms with Crippen molar-refractivity contribution in [3.8, 4) is 22.5 Å². The molecule has 0 fully saturated rings. The summed E-state index contributed by atoms with van der Waals surface area (Å²) in [5, 5.41) is 12.9. The second kappa shape index (κ2) is 8.57. The van der Waals surface area contributed by atoms with Crippen LogP contribution < -0.4 is 4.91 Å². The lowest BCUT2D eigenvalue weighted by atomic mass is 10.0. The normalized spacial score (nSPS) is 11.1. The Kier molecular flexibility index (Phi) is 5.10. The van der Waals surface area contributed by atoms with Crippen LogP contribution in [0, 0.1) is 13.8 Å². The van der Waals surface area contributed by atoms with Gasteiger partial charge in [-0.05, 0) is 67.3 Å². The molecule has 9 nitrogen and oxygen atoms in total. The molecule has 0 spiro atoms. The molecule has 3 aromatic carbocycles. The zero-order valence-electron chi connectivity index (χ0n) is 19.5. The fraction of sp³-hybridized carbons (Fsp3) is 0.0741. The summed E-state index contributed by atoms with van der Waals surface area (Å²) >= 11 is 0. The Bertz CT molecular complexity index is 1800.